The zero-order chi connectivity index (χ0) is 14.1. The third-order valence-corrected chi connectivity index (χ3v) is 3.85. The van der Waals surface area contributed by atoms with Crippen LogP contribution in [-0.4, -0.2) is 43.6 Å². The van der Waals surface area contributed by atoms with Gasteiger partial charge in [0.05, 0.1) is 0 Å². The number of hydrogen-bond donors (Lipinski definition) is 1. The molecular formula is C16H28N2S. The maximum absolute atomic E-state index is 3.59. The highest BCUT2D eigenvalue weighted by Gasteiger charge is 2.16. The Morgan fingerprint density at radius 2 is 1.84 bits per heavy atom. The molecule has 108 valence electrons. The molecule has 0 saturated carbocycles. The van der Waals surface area contributed by atoms with Crippen LogP contribution < -0.4 is 5.32 Å². The van der Waals surface area contributed by atoms with Crippen LogP contribution >= 0.6 is 11.8 Å². The molecule has 0 amide bonds. The van der Waals surface area contributed by atoms with Crippen molar-refractivity contribution < 1.29 is 0 Å². The average molecular weight is 280 g/mol. The number of hydrogen-bond acceptors (Lipinski definition) is 3. The minimum absolute atomic E-state index is 0.465. The summed E-state index contributed by atoms with van der Waals surface area (Å²) < 4.78 is 0. The third-order valence-electron chi connectivity index (χ3n) is 3.25. The molecule has 0 saturated heterocycles. The monoisotopic (exact) mass is 280 g/mol. The highest BCUT2D eigenvalue weighted by molar-refractivity contribution is 7.98. The van der Waals surface area contributed by atoms with Crippen LogP contribution in [0.5, 0.6) is 0 Å². The zero-order valence-corrected chi connectivity index (χ0v) is 13.5. The van der Waals surface area contributed by atoms with E-state index < -0.39 is 0 Å². The Balaban J connectivity index is 2.62. The molecule has 0 spiro atoms. The van der Waals surface area contributed by atoms with Gasteiger partial charge in [0.25, 0.3) is 0 Å². The smallest absolute Gasteiger partial charge is 0.0469 e. The fourth-order valence-corrected chi connectivity index (χ4v) is 2.57. The fourth-order valence-electron chi connectivity index (χ4n) is 2.10. The molecule has 0 heterocycles. The number of nitrogens with one attached hydrogen (secondary N) is 1. The van der Waals surface area contributed by atoms with Crippen molar-refractivity contribution >= 4 is 11.8 Å². The Morgan fingerprint density at radius 1 is 1.16 bits per heavy atom. The molecule has 1 aromatic carbocycles. The minimum Gasteiger partial charge on any atom is -0.315 e. The lowest BCUT2D eigenvalue weighted by molar-refractivity contribution is 0.250. The summed E-state index contributed by atoms with van der Waals surface area (Å²) in [6.07, 6.45) is 2.17. The SMILES string of the molecule is CSCCN(C)C(CNCC(C)C)c1ccccc1. The summed E-state index contributed by atoms with van der Waals surface area (Å²) in [6.45, 7) is 7.74. The van der Waals surface area contributed by atoms with Crippen LogP contribution in [0.25, 0.3) is 0 Å². The molecule has 1 rings (SSSR count). The van der Waals surface area contributed by atoms with Gasteiger partial charge in [-0.25, -0.2) is 0 Å². The van der Waals surface area contributed by atoms with E-state index in [-0.39, 0.29) is 0 Å². The molecule has 0 aliphatic heterocycles. The molecule has 1 atom stereocenters. The van der Waals surface area contributed by atoms with Crippen LogP contribution in [0.2, 0.25) is 0 Å². The van der Waals surface area contributed by atoms with Gasteiger partial charge in [0.2, 0.25) is 0 Å². The second-order valence-corrected chi connectivity index (χ2v) is 6.44. The Hall–Kier alpha value is -0.510. The van der Waals surface area contributed by atoms with E-state index in [9.17, 15) is 0 Å². The summed E-state index contributed by atoms with van der Waals surface area (Å²) in [6, 6.07) is 11.3. The van der Waals surface area contributed by atoms with Crippen LogP contribution in [0, 0.1) is 5.92 Å². The van der Waals surface area contributed by atoms with E-state index in [0.717, 1.165) is 19.6 Å². The highest BCUT2D eigenvalue weighted by Crippen LogP contribution is 2.18. The summed E-state index contributed by atoms with van der Waals surface area (Å²) in [5.41, 5.74) is 1.40. The Morgan fingerprint density at radius 3 is 2.42 bits per heavy atom. The second-order valence-electron chi connectivity index (χ2n) is 5.45. The van der Waals surface area contributed by atoms with Crippen molar-refractivity contribution in [1.29, 1.82) is 0 Å². The molecule has 1 aromatic rings. The standard InChI is InChI=1S/C16H28N2S/c1-14(2)12-17-13-16(18(3)10-11-19-4)15-8-6-5-7-9-15/h5-9,14,16-17H,10-13H2,1-4H3. The maximum atomic E-state index is 3.59. The fraction of sp³-hybridized carbons (Fsp3) is 0.625. The van der Waals surface area contributed by atoms with Crippen molar-refractivity contribution in [3.8, 4) is 0 Å². The molecule has 19 heavy (non-hydrogen) atoms. The van der Waals surface area contributed by atoms with Crippen LogP contribution in [0.15, 0.2) is 30.3 Å². The Bertz CT molecular complexity index is 327. The number of benzene rings is 1. The van der Waals surface area contributed by atoms with Crippen molar-refractivity contribution in [2.75, 3.05) is 38.7 Å². The highest BCUT2D eigenvalue weighted by atomic mass is 32.2. The summed E-state index contributed by atoms with van der Waals surface area (Å²) >= 11 is 1.91. The summed E-state index contributed by atoms with van der Waals surface area (Å²) in [5, 5.41) is 3.59. The van der Waals surface area contributed by atoms with Gasteiger partial charge in [0.1, 0.15) is 0 Å². The number of rotatable bonds is 9. The van der Waals surface area contributed by atoms with Gasteiger partial charge in [-0.1, -0.05) is 44.2 Å². The van der Waals surface area contributed by atoms with E-state index in [1.807, 2.05) is 11.8 Å². The molecule has 0 bridgehead atoms. The van der Waals surface area contributed by atoms with E-state index in [1.54, 1.807) is 0 Å². The Labute approximate surface area is 123 Å². The van der Waals surface area contributed by atoms with Crippen molar-refractivity contribution in [2.45, 2.75) is 19.9 Å². The normalized spacial score (nSPS) is 13.2. The first-order chi connectivity index (χ1) is 9.15. The molecule has 1 unspecified atom stereocenters. The van der Waals surface area contributed by atoms with Gasteiger partial charge >= 0.3 is 0 Å². The second kappa shape index (κ2) is 9.40. The first-order valence-corrected chi connectivity index (χ1v) is 8.49. The van der Waals surface area contributed by atoms with Crippen LogP contribution in [0.1, 0.15) is 25.5 Å². The third kappa shape index (κ3) is 6.46. The number of thioether (sulfide) groups is 1. The zero-order valence-electron chi connectivity index (χ0n) is 12.7. The van der Waals surface area contributed by atoms with E-state index >= 15 is 0 Å². The summed E-state index contributed by atoms with van der Waals surface area (Å²) in [4.78, 5) is 2.46. The lowest BCUT2D eigenvalue weighted by Gasteiger charge is -2.29. The van der Waals surface area contributed by atoms with Gasteiger partial charge in [0, 0.05) is 24.9 Å². The van der Waals surface area contributed by atoms with E-state index in [0.29, 0.717) is 12.0 Å². The van der Waals surface area contributed by atoms with Gasteiger partial charge in [-0.05, 0) is 31.3 Å². The largest absolute Gasteiger partial charge is 0.315 e. The van der Waals surface area contributed by atoms with E-state index in [2.05, 4.69) is 67.7 Å². The molecule has 0 aliphatic carbocycles. The van der Waals surface area contributed by atoms with E-state index in [1.165, 1.54) is 11.3 Å². The van der Waals surface area contributed by atoms with Crippen molar-refractivity contribution in [3.05, 3.63) is 35.9 Å². The predicted molar refractivity (Wildman–Crippen MR) is 87.9 cm³/mol. The molecule has 3 heteroatoms. The van der Waals surface area contributed by atoms with Crippen LogP contribution in [-0.2, 0) is 0 Å². The average Bonchev–Trinajstić information content (AvgIpc) is 2.41. The molecule has 0 radical (unpaired) electrons. The quantitative estimate of drug-likeness (QED) is 0.747. The Kier molecular flexibility index (Phi) is 8.19. The van der Waals surface area contributed by atoms with Gasteiger partial charge in [-0.3, -0.25) is 4.90 Å². The molecule has 0 fully saturated rings. The number of nitrogens with zero attached hydrogens (tertiary/aromatic N) is 1. The van der Waals surface area contributed by atoms with Gasteiger partial charge in [0.15, 0.2) is 0 Å². The molecular weight excluding hydrogens is 252 g/mol. The van der Waals surface area contributed by atoms with Gasteiger partial charge < -0.3 is 5.32 Å². The van der Waals surface area contributed by atoms with Gasteiger partial charge in [-0.15, -0.1) is 0 Å². The first-order valence-electron chi connectivity index (χ1n) is 7.10. The minimum atomic E-state index is 0.465. The summed E-state index contributed by atoms with van der Waals surface area (Å²) in [7, 11) is 2.23. The van der Waals surface area contributed by atoms with E-state index in [4.69, 9.17) is 0 Å². The van der Waals surface area contributed by atoms with Crippen molar-refractivity contribution in [2.24, 2.45) is 5.92 Å². The van der Waals surface area contributed by atoms with Gasteiger partial charge in [-0.2, -0.15) is 11.8 Å². The van der Waals surface area contributed by atoms with Crippen molar-refractivity contribution in [3.63, 3.8) is 0 Å². The first kappa shape index (κ1) is 16.5. The molecule has 0 aromatic heterocycles. The molecule has 2 nitrogen and oxygen atoms in total. The summed E-state index contributed by atoms with van der Waals surface area (Å²) in [5.74, 6) is 1.89. The molecule has 0 aliphatic rings. The lowest BCUT2D eigenvalue weighted by atomic mass is 10.1. The topological polar surface area (TPSA) is 15.3 Å². The lowest BCUT2D eigenvalue weighted by Crippen LogP contribution is -2.35. The maximum Gasteiger partial charge on any atom is 0.0469 e. The van der Waals surface area contributed by atoms with Crippen LogP contribution in [0.4, 0.5) is 0 Å². The number of likely N-dealkylation sites (N-methyl/N-ethyl adjacent to an activating group) is 1. The van der Waals surface area contributed by atoms with Crippen molar-refractivity contribution in [1.82, 2.24) is 10.2 Å². The van der Waals surface area contributed by atoms with Crippen LogP contribution in [0.3, 0.4) is 0 Å². The predicted octanol–water partition coefficient (Wildman–Crippen LogP) is 3.27. The molecule has 1 N–H and O–H groups in total.